The van der Waals surface area contributed by atoms with Crippen molar-refractivity contribution in [1.82, 2.24) is 0 Å². The average Bonchev–Trinajstić information content (AvgIpc) is 2.04. The Hall–Kier alpha value is -0.350. The van der Waals surface area contributed by atoms with E-state index in [4.69, 9.17) is 4.55 Å². The highest BCUT2D eigenvalue weighted by molar-refractivity contribution is 7.85. The van der Waals surface area contributed by atoms with Gasteiger partial charge in [-0.3, -0.25) is 4.55 Å². The van der Waals surface area contributed by atoms with E-state index >= 15 is 0 Å². The lowest BCUT2D eigenvalue weighted by molar-refractivity contribution is 0.480. The van der Waals surface area contributed by atoms with Crippen LogP contribution in [0.5, 0.6) is 0 Å². The first-order valence-electron chi connectivity index (χ1n) is 4.71. The second-order valence-corrected chi connectivity index (χ2v) is 5.07. The molecule has 1 aliphatic rings. The van der Waals surface area contributed by atoms with Gasteiger partial charge in [0.25, 0.3) is 10.1 Å². The molecule has 4 heteroatoms. The predicted octanol–water partition coefficient (Wildman–Crippen LogP) is 2.15. The molecule has 0 spiro atoms. The monoisotopic (exact) mass is 204 g/mol. The van der Waals surface area contributed by atoms with Gasteiger partial charge >= 0.3 is 0 Å². The number of hydrogen-bond donors (Lipinski definition) is 1. The van der Waals surface area contributed by atoms with Crippen LogP contribution < -0.4 is 0 Å². The molecule has 0 radical (unpaired) electrons. The summed E-state index contributed by atoms with van der Waals surface area (Å²) in [6, 6.07) is 0. The van der Waals surface area contributed by atoms with Gasteiger partial charge in [0.15, 0.2) is 0 Å². The van der Waals surface area contributed by atoms with E-state index in [1.807, 2.05) is 0 Å². The van der Waals surface area contributed by atoms with Crippen molar-refractivity contribution in [2.24, 2.45) is 0 Å². The van der Waals surface area contributed by atoms with Gasteiger partial charge in [-0.05, 0) is 38.5 Å². The maximum Gasteiger partial charge on any atom is 0.264 e. The molecule has 0 amide bonds. The smallest absolute Gasteiger partial charge is 0.264 e. The zero-order valence-electron chi connectivity index (χ0n) is 7.70. The SMILES string of the molecule is O=S(=O)(O)CCCC1=CCCCC1. The van der Waals surface area contributed by atoms with Gasteiger partial charge in [-0.1, -0.05) is 11.6 Å². The molecule has 0 bridgehead atoms. The fraction of sp³-hybridized carbons (Fsp3) is 0.778. The molecular formula is C9H16O3S. The summed E-state index contributed by atoms with van der Waals surface area (Å²) in [6.07, 6.45) is 8.27. The summed E-state index contributed by atoms with van der Waals surface area (Å²) in [7, 11) is -3.75. The van der Waals surface area contributed by atoms with Crippen LogP contribution in [0.25, 0.3) is 0 Å². The van der Waals surface area contributed by atoms with Crippen LogP contribution in [0.2, 0.25) is 0 Å². The maximum atomic E-state index is 10.4. The molecule has 0 aliphatic heterocycles. The number of hydrogen-bond acceptors (Lipinski definition) is 2. The van der Waals surface area contributed by atoms with Crippen LogP contribution in [0.3, 0.4) is 0 Å². The highest BCUT2D eigenvalue weighted by Crippen LogP contribution is 2.21. The molecule has 0 saturated carbocycles. The lowest BCUT2D eigenvalue weighted by atomic mass is 9.96. The van der Waals surface area contributed by atoms with Gasteiger partial charge in [0.05, 0.1) is 5.75 Å². The van der Waals surface area contributed by atoms with E-state index in [-0.39, 0.29) is 5.75 Å². The molecule has 1 N–H and O–H groups in total. The fourth-order valence-electron chi connectivity index (χ4n) is 1.61. The van der Waals surface area contributed by atoms with Crippen LogP contribution in [0.15, 0.2) is 11.6 Å². The van der Waals surface area contributed by atoms with Crippen LogP contribution in [0, 0.1) is 0 Å². The van der Waals surface area contributed by atoms with Crippen LogP contribution in [-0.4, -0.2) is 18.7 Å². The Bertz CT molecular complexity index is 277. The fourth-order valence-corrected chi connectivity index (χ4v) is 2.12. The Labute approximate surface area is 79.6 Å². The van der Waals surface area contributed by atoms with E-state index < -0.39 is 10.1 Å². The van der Waals surface area contributed by atoms with Crippen molar-refractivity contribution < 1.29 is 13.0 Å². The molecule has 0 unspecified atom stereocenters. The minimum atomic E-state index is -3.75. The van der Waals surface area contributed by atoms with Crippen LogP contribution >= 0.6 is 0 Å². The zero-order valence-corrected chi connectivity index (χ0v) is 8.52. The maximum absolute atomic E-state index is 10.4. The van der Waals surface area contributed by atoms with E-state index in [2.05, 4.69) is 6.08 Å². The normalized spacial score (nSPS) is 18.4. The largest absolute Gasteiger partial charge is 0.286 e. The zero-order chi connectivity index (χ0) is 9.73. The number of allylic oxidation sites excluding steroid dienone is 2. The minimum Gasteiger partial charge on any atom is -0.286 e. The molecular weight excluding hydrogens is 188 g/mol. The summed E-state index contributed by atoms with van der Waals surface area (Å²) in [6.45, 7) is 0. The van der Waals surface area contributed by atoms with Crippen LogP contribution in [-0.2, 0) is 10.1 Å². The third-order valence-electron chi connectivity index (χ3n) is 2.29. The lowest BCUT2D eigenvalue weighted by Crippen LogP contribution is -2.04. The van der Waals surface area contributed by atoms with Crippen molar-refractivity contribution in [2.75, 3.05) is 5.75 Å². The van der Waals surface area contributed by atoms with Gasteiger partial charge < -0.3 is 0 Å². The summed E-state index contributed by atoms with van der Waals surface area (Å²) in [5, 5.41) is 0. The van der Waals surface area contributed by atoms with Crippen molar-refractivity contribution in [3.8, 4) is 0 Å². The van der Waals surface area contributed by atoms with Crippen molar-refractivity contribution in [2.45, 2.75) is 38.5 Å². The Morgan fingerprint density at radius 3 is 2.69 bits per heavy atom. The summed E-state index contributed by atoms with van der Waals surface area (Å²) in [5.74, 6) is -0.107. The second-order valence-electron chi connectivity index (χ2n) is 3.50. The molecule has 0 saturated heterocycles. The Balaban J connectivity index is 2.22. The van der Waals surface area contributed by atoms with E-state index in [1.165, 1.54) is 18.4 Å². The Morgan fingerprint density at radius 2 is 2.15 bits per heavy atom. The van der Waals surface area contributed by atoms with Gasteiger partial charge in [-0.2, -0.15) is 8.42 Å². The summed E-state index contributed by atoms with van der Waals surface area (Å²) < 4.78 is 29.3. The predicted molar refractivity (Wildman–Crippen MR) is 52.2 cm³/mol. The molecule has 13 heavy (non-hydrogen) atoms. The highest BCUT2D eigenvalue weighted by Gasteiger charge is 2.07. The van der Waals surface area contributed by atoms with Crippen LogP contribution in [0.4, 0.5) is 0 Å². The van der Waals surface area contributed by atoms with E-state index in [0.717, 1.165) is 19.3 Å². The van der Waals surface area contributed by atoms with E-state index in [0.29, 0.717) is 6.42 Å². The second kappa shape index (κ2) is 4.77. The van der Waals surface area contributed by atoms with Crippen molar-refractivity contribution >= 4 is 10.1 Å². The summed E-state index contributed by atoms with van der Waals surface area (Å²) in [5.41, 5.74) is 1.36. The van der Waals surface area contributed by atoms with Crippen molar-refractivity contribution in [3.63, 3.8) is 0 Å². The highest BCUT2D eigenvalue weighted by atomic mass is 32.2. The standard InChI is InChI=1S/C9H16O3S/c10-13(11,12)8-4-7-9-5-2-1-3-6-9/h5H,1-4,6-8H2,(H,10,11,12). The number of rotatable bonds is 4. The van der Waals surface area contributed by atoms with Gasteiger partial charge in [-0.25, -0.2) is 0 Å². The topological polar surface area (TPSA) is 54.4 Å². The van der Waals surface area contributed by atoms with Gasteiger partial charge in [0.2, 0.25) is 0 Å². The van der Waals surface area contributed by atoms with Gasteiger partial charge in [0, 0.05) is 0 Å². The van der Waals surface area contributed by atoms with E-state index in [1.54, 1.807) is 0 Å². The first-order chi connectivity index (χ1) is 6.08. The molecule has 3 nitrogen and oxygen atoms in total. The molecule has 1 aliphatic carbocycles. The molecule has 0 fully saturated rings. The molecule has 0 aromatic rings. The first-order valence-corrected chi connectivity index (χ1v) is 6.32. The summed E-state index contributed by atoms with van der Waals surface area (Å²) in [4.78, 5) is 0. The third-order valence-corrected chi connectivity index (χ3v) is 3.09. The average molecular weight is 204 g/mol. The molecule has 0 aromatic carbocycles. The molecule has 1 rings (SSSR count). The van der Waals surface area contributed by atoms with E-state index in [9.17, 15) is 8.42 Å². The Kier molecular flexibility index (Phi) is 3.93. The molecule has 0 heterocycles. The van der Waals surface area contributed by atoms with Crippen molar-refractivity contribution in [1.29, 1.82) is 0 Å². The lowest BCUT2D eigenvalue weighted by Gasteiger charge is -2.11. The Morgan fingerprint density at radius 1 is 1.38 bits per heavy atom. The van der Waals surface area contributed by atoms with Crippen molar-refractivity contribution in [3.05, 3.63) is 11.6 Å². The molecule has 76 valence electrons. The molecule has 0 atom stereocenters. The quantitative estimate of drug-likeness (QED) is 0.564. The third kappa shape index (κ3) is 5.05. The first kappa shape index (κ1) is 10.7. The summed E-state index contributed by atoms with van der Waals surface area (Å²) >= 11 is 0. The van der Waals surface area contributed by atoms with Gasteiger partial charge in [0.1, 0.15) is 0 Å². The van der Waals surface area contributed by atoms with Gasteiger partial charge in [-0.15, -0.1) is 0 Å². The molecule has 0 aromatic heterocycles. The minimum absolute atomic E-state index is 0.107. The van der Waals surface area contributed by atoms with Crippen LogP contribution in [0.1, 0.15) is 38.5 Å².